The standard InChI is InChI=1S/C13H18N2O/c1-4-5-13(16)15-8-11-9(2)6-7-12(14)10(11)3/h4-7H,8,14H2,1-3H3,(H,15,16)/b5-4+. The van der Waals surface area contributed by atoms with Crippen molar-refractivity contribution < 1.29 is 4.79 Å². The Morgan fingerprint density at radius 2 is 2.12 bits per heavy atom. The molecule has 0 fully saturated rings. The first kappa shape index (κ1) is 12.3. The van der Waals surface area contributed by atoms with E-state index in [-0.39, 0.29) is 5.91 Å². The van der Waals surface area contributed by atoms with Gasteiger partial charge < -0.3 is 11.1 Å². The van der Waals surface area contributed by atoms with Crippen LogP contribution < -0.4 is 11.1 Å². The lowest BCUT2D eigenvalue weighted by Gasteiger charge is -2.12. The van der Waals surface area contributed by atoms with Crippen LogP contribution in [0.5, 0.6) is 0 Å². The van der Waals surface area contributed by atoms with Gasteiger partial charge in [0.1, 0.15) is 0 Å². The first-order valence-corrected chi connectivity index (χ1v) is 5.31. The molecule has 3 N–H and O–H groups in total. The van der Waals surface area contributed by atoms with Crippen LogP contribution in [0.25, 0.3) is 0 Å². The van der Waals surface area contributed by atoms with Crippen molar-refractivity contribution in [3.63, 3.8) is 0 Å². The lowest BCUT2D eigenvalue weighted by atomic mass is 10.0. The summed E-state index contributed by atoms with van der Waals surface area (Å²) >= 11 is 0. The van der Waals surface area contributed by atoms with Crippen molar-refractivity contribution in [2.75, 3.05) is 5.73 Å². The molecular formula is C13H18N2O. The summed E-state index contributed by atoms with van der Waals surface area (Å²) in [6.07, 6.45) is 3.23. The molecule has 1 rings (SSSR count). The number of carbonyl (C=O) groups excluding carboxylic acids is 1. The summed E-state index contributed by atoms with van der Waals surface area (Å²) in [6.45, 7) is 6.32. The average Bonchev–Trinajstić information content (AvgIpc) is 2.24. The molecule has 86 valence electrons. The van der Waals surface area contributed by atoms with Gasteiger partial charge in [0, 0.05) is 12.2 Å². The number of anilines is 1. The molecule has 0 saturated heterocycles. The summed E-state index contributed by atoms with van der Waals surface area (Å²) in [5.74, 6) is -0.0799. The number of nitrogens with one attached hydrogen (secondary N) is 1. The van der Waals surface area contributed by atoms with Gasteiger partial charge in [-0.2, -0.15) is 0 Å². The third-order valence-electron chi connectivity index (χ3n) is 2.63. The molecule has 0 unspecified atom stereocenters. The molecule has 3 heteroatoms. The summed E-state index contributed by atoms with van der Waals surface area (Å²) in [7, 11) is 0. The molecule has 3 nitrogen and oxygen atoms in total. The Morgan fingerprint density at radius 3 is 2.75 bits per heavy atom. The molecule has 16 heavy (non-hydrogen) atoms. The zero-order chi connectivity index (χ0) is 12.1. The molecule has 0 aromatic heterocycles. The van der Waals surface area contributed by atoms with Crippen LogP contribution in [0.2, 0.25) is 0 Å². The number of nitrogens with two attached hydrogens (primary N) is 1. The molecule has 1 amide bonds. The van der Waals surface area contributed by atoms with Crippen LogP contribution in [0.3, 0.4) is 0 Å². The van der Waals surface area contributed by atoms with Gasteiger partial charge in [0.2, 0.25) is 5.91 Å². The van der Waals surface area contributed by atoms with E-state index in [9.17, 15) is 4.79 Å². The van der Waals surface area contributed by atoms with Gasteiger partial charge in [-0.25, -0.2) is 0 Å². The fourth-order valence-electron chi connectivity index (χ4n) is 1.57. The molecule has 0 heterocycles. The van der Waals surface area contributed by atoms with Gasteiger partial charge in [-0.15, -0.1) is 0 Å². The van der Waals surface area contributed by atoms with E-state index in [2.05, 4.69) is 5.32 Å². The number of nitrogen functional groups attached to an aromatic ring is 1. The predicted octanol–water partition coefficient (Wildman–Crippen LogP) is 2.08. The summed E-state index contributed by atoms with van der Waals surface area (Å²) < 4.78 is 0. The fraction of sp³-hybridized carbons (Fsp3) is 0.308. The van der Waals surface area contributed by atoms with Crippen LogP contribution in [-0.2, 0) is 11.3 Å². The molecule has 0 aliphatic rings. The number of hydrogen-bond acceptors (Lipinski definition) is 2. The topological polar surface area (TPSA) is 55.1 Å². The molecule has 0 bridgehead atoms. The van der Waals surface area contributed by atoms with E-state index in [1.165, 1.54) is 6.08 Å². The Bertz CT molecular complexity index is 422. The zero-order valence-corrected chi connectivity index (χ0v) is 10.0. The van der Waals surface area contributed by atoms with Crippen molar-refractivity contribution in [2.45, 2.75) is 27.3 Å². The highest BCUT2D eigenvalue weighted by Crippen LogP contribution is 2.19. The van der Waals surface area contributed by atoms with Crippen molar-refractivity contribution >= 4 is 11.6 Å². The summed E-state index contributed by atoms with van der Waals surface area (Å²) in [5, 5.41) is 2.83. The van der Waals surface area contributed by atoms with E-state index in [0.29, 0.717) is 6.54 Å². The van der Waals surface area contributed by atoms with E-state index in [1.807, 2.05) is 32.9 Å². The van der Waals surface area contributed by atoms with E-state index in [0.717, 1.165) is 22.4 Å². The lowest BCUT2D eigenvalue weighted by Crippen LogP contribution is -2.21. The summed E-state index contributed by atoms with van der Waals surface area (Å²) in [6, 6.07) is 3.86. The monoisotopic (exact) mass is 218 g/mol. The van der Waals surface area contributed by atoms with Gasteiger partial charge in [-0.1, -0.05) is 12.1 Å². The number of hydrogen-bond donors (Lipinski definition) is 2. The number of rotatable bonds is 3. The molecular weight excluding hydrogens is 200 g/mol. The van der Waals surface area contributed by atoms with Crippen LogP contribution in [0.4, 0.5) is 5.69 Å². The van der Waals surface area contributed by atoms with Crippen molar-refractivity contribution in [1.29, 1.82) is 0 Å². The first-order chi connectivity index (χ1) is 7.56. The largest absolute Gasteiger partial charge is 0.399 e. The smallest absolute Gasteiger partial charge is 0.243 e. The fourth-order valence-corrected chi connectivity index (χ4v) is 1.57. The maximum Gasteiger partial charge on any atom is 0.243 e. The van der Waals surface area contributed by atoms with Crippen LogP contribution >= 0.6 is 0 Å². The second-order valence-electron chi connectivity index (χ2n) is 3.79. The zero-order valence-electron chi connectivity index (χ0n) is 10.0. The minimum Gasteiger partial charge on any atom is -0.399 e. The van der Waals surface area contributed by atoms with Gasteiger partial charge >= 0.3 is 0 Å². The maximum absolute atomic E-state index is 11.3. The van der Waals surface area contributed by atoms with E-state index in [1.54, 1.807) is 6.08 Å². The lowest BCUT2D eigenvalue weighted by molar-refractivity contribution is -0.116. The molecule has 0 atom stereocenters. The van der Waals surface area contributed by atoms with Crippen LogP contribution in [0, 0.1) is 13.8 Å². The Kier molecular flexibility index (Phi) is 4.11. The van der Waals surface area contributed by atoms with Crippen LogP contribution in [-0.4, -0.2) is 5.91 Å². The molecule has 0 spiro atoms. The van der Waals surface area contributed by atoms with E-state index < -0.39 is 0 Å². The number of benzene rings is 1. The molecule has 0 aliphatic heterocycles. The number of aryl methyl sites for hydroxylation is 1. The van der Waals surface area contributed by atoms with Crippen molar-refractivity contribution in [3.05, 3.63) is 41.0 Å². The highest BCUT2D eigenvalue weighted by atomic mass is 16.1. The van der Waals surface area contributed by atoms with E-state index >= 15 is 0 Å². The quantitative estimate of drug-likeness (QED) is 0.603. The number of carbonyl (C=O) groups is 1. The molecule has 0 aliphatic carbocycles. The van der Waals surface area contributed by atoms with E-state index in [4.69, 9.17) is 5.73 Å². The SMILES string of the molecule is C/C=C/C(=O)NCc1c(C)ccc(N)c1C. The van der Waals surface area contributed by atoms with Crippen LogP contribution in [0.15, 0.2) is 24.3 Å². The Morgan fingerprint density at radius 1 is 1.44 bits per heavy atom. The second-order valence-corrected chi connectivity index (χ2v) is 3.79. The number of allylic oxidation sites excluding steroid dienone is 1. The molecule has 0 radical (unpaired) electrons. The second kappa shape index (κ2) is 5.35. The normalized spacial score (nSPS) is 10.7. The maximum atomic E-state index is 11.3. The van der Waals surface area contributed by atoms with Gasteiger partial charge in [0.15, 0.2) is 0 Å². The minimum atomic E-state index is -0.0799. The third kappa shape index (κ3) is 2.86. The first-order valence-electron chi connectivity index (χ1n) is 5.31. The average molecular weight is 218 g/mol. The highest BCUT2D eigenvalue weighted by molar-refractivity contribution is 5.87. The highest BCUT2D eigenvalue weighted by Gasteiger charge is 2.06. The van der Waals surface area contributed by atoms with Gasteiger partial charge in [0.25, 0.3) is 0 Å². The molecule has 1 aromatic rings. The van der Waals surface area contributed by atoms with Crippen molar-refractivity contribution in [3.8, 4) is 0 Å². The number of amides is 1. The summed E-state index contributed by atoms with van der Waals surface area (Å²) in [5.41, 5.74) is 9.88. The van der Waals surface area contributed by atoms with Gasteiger partial charge in [-0.05, 0) is 49.6 Å². The molecule has 0 saturated carbocycles. The minimum absolute atomic E-state index is 0.0799. The van der Waals surface area contributed by atoms with Gasteiger partial charge in [0.05, 0.1) is 0 Å². The van der Waals surface area contributed by atoms with Crippen molar-refractivity contribution in [1.82, 2.24) is 5.32 Å². The molecule has 1 aromatic carbocycles. The Labute approximate surface area is 96.3 Å². The van der Waals surface area contributed by atoms with Gasteiger partial charge in [-0.3, -0.25) is 4.79 Å². The Hall–Kier alpha value is -1.77. The Balaban J connectivity index is 2.81. The van der Waals surface area contributed by atoms with Crippen molar-refractivity contribution in [2.24, 2.45) is 0 Å². The summed E-state index contributed by atoms with van der Waals surface area (Å²) in [4.78, 5) is 11.3. The van der Waals surface area contributed by atoms with Crippen LogP contribution in [0.1, 0.15) is 23.6 Å². The predicted molar refractivity (Wildman–Crippen MR) is 67.0 cm³/mol. The third-order valence-corrected chi connectivity index (χ3v) is 2.63.